The van der Waals surface area contributed by atoms with Crippen LogP contribution in [0.25, 0.3) is 0 Å². The number of carbonyl (C=O) groups excluding carboxylic acids is 2. The summed E-state index contributed by atoms with van der Waals surface area (Å²) in [6, 6.07) is 16.3. The van der Waals surface area contributed by atoms with E-state index >= 15 is 0 Å². The number of nitrogens with one attached hydrogen (secondary N) is 1. The second-order valence-electron chi connectivity index (χ2n) is 7.12. The van der Waals surface area contributed by atoms with Gasteiger partial charge in [0.1, 0.15) is 11.8 Å². The van der Waals surface area contributed by atoms with Gasteiger partial charge in [0, 0.05) is 25.1 Å². The van der Waals surface area contributed by atoms with Crippen molar-refractivity contribution in [3.05, 3.63) is 65.7 Å². The summed E-state index contributed by atoms with van der Waals surface area (Å²) >= 11 is 0. The van der Waals surface area contributed by atoms with E-state index < -0.39 is 6.04 Å². The third kappa shape index (κ3) is 5.35. The smallest absolute Gasteiger partial charge is 0.252 e. The highest BCUT2D eigenvalue weighted by Gasteiger charge is 2.28. The summed E-state index contributed by atoms with van der Waals surface area (Å²) in [6.07, 6.45) is 3.43. The van der Waals surface area contributed by atoms with Crippen LogP contribution in [0.2, 0.25) is 0 Å². The van der Waals surface area contributed by atoms with Crippen molar-refractivity contribution in [1.29, 1.82) is 0 Å². The van der Waals surface area contributed by atoms with Crippen molar-refractivity contribution in [2.75, 3.05) is 19.7 Å². The fourth-order valence-electron chi connectivity index (χ4n) is 3.40. The first-order valence-electron chi connectivity index (χ1n) is 10.0. The van der Waals surface area contributed by atoms with E-state index in [0.29, 0.717) is 24.3 Å². The van der Waals surface area contributed by atoms with E-state index in [4.69, 9.17) is 4.74 Å². The molecule has 0 spiro atoms. The maximum atomic E-state index is 13.0. The van der Waals surface area contributed by atoms with Crippen LogP contribution in [0.15, 0.2) is 54.6 Å². The summed E-state index contributed by atoms with van der Waals surface area (Å²) in [7, 11) is 0. The Morgan fingerprint density at radius 2 is 1.82 bits per heavy atom. The van der Waals surface area contributed by atoms with Gasteiger partial charge in [-0.2, -0.15) is 0 Å². The molecule has 3 rings (SSSR count). The first kappa shape index (κ1) is 19.9. The quantitative estimate of drug-likeness (QED) is 0.763. The van der Waals surface area contributed by atoms with E-state index in [1.54, 1.807) is 18.2 Å². The van der Waals surface area contributed by atoms with Crippen LogP contribution in [0, 0.1) is 0 Å². The Morgan fingerprint density at radius 1 is 1.07 bits per heavy atom. The maximum Gasteiger partial charge on any atom is 0.252 e. The molecular formula is C23H28N2O3. The molecule has 1 N–H and O–H groups in total. The van der Waals surface area contributed by atoms with E-state index in [2.05, 4.69) is 5.32 Å². The molecule has 0 bridgehead atoms. The summed E-state index contributed by atoms with van der Waals surface area (Å²) in [5.41, 5.74) is 1.53. The Bertz CT molecular complexity index is 785. The number of nitrogens with zero attached hydrogens (tertiary/aromatic N) is 1. The van der Waals surface area contributed by atoms with Gasteiger partial charge in [-0.05, 0) is 43.0 Å². The monoisotopic (exact) mass is 380 g/mol. The second kappa shape index (κ2) is 9.93. The van der Waals surface area contributed by atoms with Gasteiger partial charge >= 0.3 is 0 Å². The minimum Gasteiger partial charge on any atom is -0.494 e. The molecule has 1 fully saturated rings. The highest BCUT2D eigenvalue weighted by Crippen LogP contribution is 2.16. The van der Waals surface area contributed by atoms with Crippen LogP contribution in [0.1, 0.15) is 42.1 Å². The molecule has 1 atom stereocenters. The topological polar surface area (TPSA) is 58.6 Å². The second-order valence-corrected chi connectivity index (χ2v) is 7.12. The van der Waals surface area contributed by atoms with Crippen molar-refractivity contribution < 1.29 is 14.3 Å². The van der Waals surface area contributed by atoms with Gasteiger partial charge in [0.25, 0.3) is 5.91 Å². The van der Waals surface area contributed by atoms with Crippen molar-refractivity contribution in [1.82, 2.24) is 10.2 Å². The van der Waals surface area contributed by atoms with Gasteiger partial charge in [-0.15, -0.1) is 0 Å². The normalized spacial score (nSPS) is 14.5. The van der Waals surface area contributed by atoms with Crippen LogP contribution in [-0.2, 0) is 11.2 Å². The number of rotatable bonds is 8. The minimum atomic E-state index is -0.576. The number of amides is 2. The fraction of sp³-hybridized carbons (Fsp3) is 0.391. The lowest BCUT2D eigenvalue weighted by molar-refractivity contribution is -0.132. The van der Waals surface area contributed by atoms with Gasteiger partial charge in [-0.3, -0.25) is 9.59 Å². The first-order chi connectivity index (χ1) is 13.7. The molecule has 0 saturated carbocycles. The van der Waals surface area contributed by atoms with Gasteiger partial charge in [0.2, 0.25) is 5.91 Å². The van der Waals surface area contributed by atoms with Crippen LogP contribution in [0.4, 0.5) is 0 Å². The Labute approximate surface area is 166 Å². The standard InChI is InChI=1S/C23H28N2O3/c1-2-15-28-20-12-8-11-19(17-20)22(26)24-21(16-18-9-4-3-5-10-18)23(27)25-13-6-7-14-25/h3-5,8-12,17,21H,2,6-7,13-16H2,1H3,(H,24,26). The summed E-state index contributed by atoms with van der Waals surface area (Å²) in [6.45, 7) is 4.17. The lowest BCUT2D eigenvalue weighted by atomic mass is 10.0. The molecule has 1 aliphatic heterocycles. The zero-order valence-corrected chi connectivity index (χ0v) is 16.4. The van der Waals surface area contributed by atoms with Crippen LogP contribution in [-0.4, -0.2) is 42.5 Å². The van der Waals surface area contributed by atoms with E-state index in [1.807, 2.05) is 48.2 Å². The molecule has 1 heterocycles. The summed E-state index contributed by atoms with van der Waals surface area (Å²) in [5, 5.41) is 2.96. The van der Waals surface area contributed by atoms with E-state index in [9.17, 15) is 9.59 Å². The first-order valence-corrected chi connectivity index (χ1v) is 10.0. The highest BCUT2D eigenvalue weighted by atomic mass is 16.5. The van der Waals surface area contributed by atoms with Crippen molar-refractivity contribution in [2.24, 2.45) is 0 Å². The third-order valence-corrected chi connectivity index (χ3v) is 4.87. The van der Waals surface area contributed by atoms with Crippen molar-refractivity contribution in [3.63, 3.8) is 0 Å². The molecule has 0 aromatic heterocycles. The molecule has 1 saturated heterocycles. The molecule has 5 heteroatoms. The number of hydrogen-bond donors (Lipinski definition) is 1. The predicted octanol–water partition coefficient (Wildman–Crippen LogP) is 3.44. The number of benzene rings is 2. The molecular weight excluding hydrogens is 352 g/mol. The number of carbonyl (C=O) groups is 2. The van der Waals surface area contributed by atoms with Crippen molar-refractivity contribution >= 4 is 11.8 Å². The molecule has 2 aromatic rings. The zero-order chi connectivity index (χ0) is 19.8. The van der Waals surface area contributed by atoms with Gasteiger partial charge < -0.3 is 15.0 Å². The molecule has 5 nitrogen and oxygen atoms in total. The number of ether oxygens (including phenoxy) is 1. The van der Waals surface area contributed by atoms with Gasteiger partial charge in [0.15, 0.2) is 0 Å². The Morgan fingerprint density at radius 3 is 2.54 bits per heavy atom. The summed E-state index contributed by atoms with van der Waals surface area (Å²) in [4.78, 5) is 27.7. The maximum absolute atomic E-state index is 13.0. The average molecular weight is 380 g/mol. The largest absolute Gasteiger partial charge is 0.494 e. The van der Waals surface area contributed by atoms with E-state index in [-0.39, 0.29) is 11.8 Å². The number of hydrogen-bond acceptors (Lipinski definition) is 3. The Hall–Kier alpha value is -2.82. The third-order valence-electron chi connectivity index (χ3n) is 4.87. The lowest BCUT2D eigenvalue weighted by Crippen LogP contribution is -2.49. The predicted molar refractivity (Wildman–Crippen MR) is 109 cm³/mol. The molecule has 1 unspecified atom stereocenters. The highest BCUT2D eigenvalue weighted by molar-refractivity contribution is 5.98. The van der Waals surface area contributed by atoms with Crippen molar-refractivity contribution in [3.8, 4) is 5.75 Å². The van der Waals surface area contributed by atoms with Crippen LogP contribution >= 0.6 is 0 Å². The molecule has 2 amide bonds. The molecule has 1 aliphatic rings. The molecule has 0 radical (unpaired) electrons. The van der Waals surface area contributed by atoms with E-state index in [0.717, 1.165) is 37.9 Å². The molecule has 0 aliphatic carbocycles. The SMILES string of the molecule is CCCOc1cccc(C(=O)NC(Cc2ccccc2)C(=O)N2CCCC2)c1. The Kier molecular flexibility index (Phi) is 7.06. The fourth-order valence-corrected chi connectivity index (χ4v) is 3.40. The summed E-state index contributed by atoms with van der Waals surface area (Å²) < 4.78 is 5.62. The number of likely N-dealkylation sites (tertiary alicyclic amines) is 1. The molecule has 2 aromatic carbocycles. The van der Waals surface area contributed by atoms with Crippen molar-refractivity contribution in [2.45, 2.75) is 38.6 Å². The molecule has 28 heavy (non-hydrogen) atoms. The van der Waals surface area contributed by atoms with Crippen LogP contribution in [0.3, 0.4) is 0 Å². The lowest BCUT2D eigenvalue weighted by Gasteiger charge is -2.24. The van der Waals surface area contributed by atoms with E-state index in [1.165, 1.54) is 0 Å². The van der Waals surface area contributed by atoms with Gasteiger partial charge in [-0.25, -0.2) is 0 Å². The van der Waals surface area contributed by atoms with Gasteiger partial charge in [-0.1, -0.05) is 43.3 Å². The van der Waals surface area contributed by atoms with Gasteiger partial charge in [0.05, 0.1) is 6.61 Å². The average Bonchev–Trinajstić information content (AvgIpc) is 3.27. The summed E-state index contributed by atoms with van der Waals surface area (Å²) in [5.74, 6) is 0.406. The Balaban J connectivity index is 1.74. The molecule has 148 valence electrons. The van der Waals surface area contributed by atoms with Crippen LogP contribution in [0.5, 0.6) is 5.75 Å². The zero-order valence-electron chi connectivity index (χ0n) is 16.4. The minimum absolute atomic E-state index is 0.00640. The van der Waals surface area contributed by atoms with Crippen LogP contribution < -0.4 is 10.1 Å².